The zero-order valence-corrected chi connectivity index (χ0v) is 8.62. The lowest BCUT2D eigenvalue weighted by molar-refractivity contribution is -0.263. The summed E-state index contributed by atoms with van der Waals surface area (Å²) in [5, 5.41) is 0. The van der Waals surface area contributed by atoms with Crippen LogP contribution in [-0.4, -0.2) is 24.7 Å². The highest BCUT2D eigenvalue weighted by atomic mass is 19.3. The fourth-order valence-electron chi connectivity index (χ4n) is 0.984. The quantitative estimate of drug-likeness (QED) is 0.729. The Balaban J connectivity index is 2.54. The summed E-state index contributed by atoms with van der Waals surface area (Å²) >= 11 is 0. The summed E-state index contributed by atoms with van der Waals surface area (Å²) in [5.41, 5.74) is 0.254. The summed E-state index contributed by atoms with van der Waals surface area (Å²) < 4.78 is 41.6. The lowest BCUT2D eigenvalue weighted by Crippen LogP contribution is -2.33. The van der Waals surface area contributed by atoms with Gasteiger partial charge in [0.05, 0.1) is 0 Å². The highest BCUT2D eigenvalue weighted by Crippen LogP contribution is 2.22. The summed E-state index contributed by atoms with van der Waals surface area (Å²) in [6.45, 7) is -0.168. The van der Waals surface area contributed by atoms with Crippen molar-refractivity contribution < 1.29 is 22.7 Å². The van der Waals surface area contributed by atoms with Gasteiger partial charge in [0.2, 0.25) is 0 Å². The summed E-state index contributed by atoms with van der Waals surface area (Å²) in [5.74, 6) is -0.610. The van der Waals surface area contributed by atoms with E-state index >= 15 is 0 Å². The highest BCUT2D eigenvalue weighted by molar-refractivity contribution is 5.97. The first-order valence-corrected chi connectivity index (χ1v) is 4.67. The van der Waals surface area contributed by atoms with Crippen LogP contribution >= 0.6 is 0 Å². The van der Waals surface area contributed by atoms with Gasteiger partial charge in [-0.3, -0.25) is 4.79 Å². The lowest BCUT2D eigenvalue weighted by atomic mass is 10.1. The van der Waals surface area contributed by atoms with Crippen LogP contribution in [0.1, 0.15) is 17.3 Å². The van der Waals surface area contributed by atoms with E-state index in [0.717, 1.165) is 0 Å². The summed E-state index contributed by atoms with van der Waals surface area (Å²) in [6, 6.07) is 7.84. The molecule has 1 unspecified atom stereocenters. The number of hydrogen-bond acceptors (Lipinski definition) is 2. The van der Waals surface area contributed by atoms with E-state index in [4.69, 9.17) is 0 Å². The van der Waals surface area contributed by atoms with Gasteiger partial charge in [0.1, 0.15) is 6.61 Å². The predicted molar refractivity (Wildman–Crippen MR) is 52.2 cm³/mol. The number of rotatable bonds is 5. The number of ketones is 1. The van der Waals surface area contributed by atoms with Crippen molar-refractivity contribution in [2.24, 2.45) is 0 Å². The summed E-state index contributed by atoms with van der Waals surface area (Å²) in [4.78, 5) is 11.3. The van der Waals surface area contributed by atoms with Crippen LogP contribution in [0.15, 0.2) is 30.3 Å². The molecule has 16 heavy (non-hydrogen) atoms. The maximum atomic E-state index is 12.7. The van der Waals surface area contributed by atoms with E-state index in [0.29, 0.717) is 6.92 Å². The van der Waals surface area contributed by atoms with Crippen molar-refractivity contribution in [1.29, 1.82) is 0 Å². The Kier molecular flexibility index (Phi) is 4.06. The number of alkyl halides is 3. The van der Waals surface area contributed by atoms with Gasteiger partial charge in [0.15, 0.2) is 12.0 Å². The summed E-state index contributed by atoms with van der Waals surface area (Å²) in [7, 11) is 0. The number of Topliss-reactive ketones (excluding diaryl/α,β-unsaturated/α-hetero) is 1. The molecule has 0 amide bonds. The van der Waals surface area contributed by atoms with Gasteiger partial charge < -0.3 is 4.74 Å². The maximum absolute atomic E-state index is 12.7. The van der Waals surface area contributed by atoms with Crippen LogP contribution in [0.4, 0.5) is 13.2 Å². The minimum atomic E-state index is -3.93. The van der Waals surface area contributed by atoms with Crippen LogP contribution in [0, 0.1) is 0 Å². The van der Waals surface area contributed by atoms with Crippen molar-refractivity contribution >= 4 is 5.78 Å². The van der Waals surface area contributed by atoms with E-state index in [1.54, 1.807) is 18.2 Å². The highest BCUT2D eigenvalue weighted by Gasteiger charge is 2.38. The molecular formula is C11H11F3O2. The maximum Gasteiger partial charge on any atom is 0.387 e. The Hall–Kier alpha value is -1.36. The molecule has 0 heterocycles. The number of hydrogen-bond donors (Lipinski definition) is 0. The van der Waals surface area contributed by atoms with Crippen molar-refractivity contribution in [2.45, 2.75) is 19.2 Å². The van der Waals surface area contributed by atoms with Crippen molar-refractivity contribution in [3.63, 3.8) is 0 Å². The van der Waals surface area contributed by atoms with Crippen LogP contribution in [-0.2, 0) is 4.74 Å². The SMILES string of the molecule is CC(F)C(F)(F)OCC(=O)c1ccccc1. The minimum absolute atomic E-state index is 0.254. The number of carbonyl (C=O) groups is 1. The molecule has 2 nitrogen and oxygen atoms in total. The molecule has 0 bridgehead atoms. The largest absolute Gasteiger partial charge is 0.387 e. The lowest BCUT2D eigenvalue weighted by Gasteiger charge is -2.17. The molecule has 0 fully saturated rings. The Bertz CT molecular complexity index is 350. The Labute approximate surface area is 91.0 Å². The fraction of sp³-hybridized carbons (Fsp3) is 0.364. The average molecular weight is 232 g/mol. The van der Waals surface area contributed by atoms with Crippen LogP contribution in [0.3, 0.4) is 0 Å². The van der Waals surface area contributed by atoms with E-state index in [1.807, 2.05) is 0 Å². The smallest absolute Gasteiger partial charge is 0.310 e. The molecular weight excluding hydrogens is 221 g/mol. The molecule has 1 rings (SSSR count). The van der Waals surface area contributed by atoms with Crippen molar-refractivity contribution in [3.8, 4) is 0 Å². The van der Waals surface area contributed by atoms with Crippen LogP contribution in [0.5, 0.6) is 0 Å². The molecule has 1 atom stereocenters. The molecule has 0 N–H and O–H groups in total. The van der Waals surface area contributed by atoms with E-state index in [1.165, 1.54) is 12.1 Å². The molecule has 0 aromatic heterocycles. The molecule has 1 aromatic carbocycles. The topological polar surface area (TPSA) is 26.3 Å². The molecule has 0 aliphatic heterocycles. The van der Waals surface area contributed by atoms with E-state index in [9.17, 15) is 18.0 Å². The Morgan fingerprint density at radius 3 is 2.44 bits per heavy atom. The Morgan fingerprint density at radius 1 is 1.38 bits per heavy atom. The third kappa shape index (κ3) is 3.34. The molecule has 1 aromatic rings. The van der Waals surface area contributed by atoms with Gasteiger partial charge >= 0.3 is 6.11 Å². The number of ether oxygens (including phenoxy) is 1. The zero-order valence-electron chi connectivity index (χ0n) is 8.62. The average Bonchev–Trinajstić information content (AvgIpc) is 2.27. The molecule has 0 aliphatic carbocycles. The van der Waals surface area contributed by atoms with Gasteiger partial charge in [-0.15, -0.1) is 0 Å². The van der Waals surface area contributed by atoms with Crippen molar-refractivity contribution in [3.05, 3.63) is 35.9 Å². The third-order valence-corrected chi connectivity index (χ3v) is 1.95. The standard InChI is InChI=1S/C11H11F3O2/c1-8(12)11(13,14)16-7-10(15)9-5-3-2-4-6-9/h2-6,8H,7H2,1H3. The fourth-order valence-corrected chi connectivity index (χ4v) is 0.984. The Morgan fingerprint density at radius 2 is 1.94 bits per heavy atom. The number of benzene rings is 1. The second-order valence-electron chi connectivity index (χ2n) is 3.26. The van der Waals surface area contributed by atoms with Gasteiger partial charge in [0.25, 0.3) is 0 Å². The normalized spacial score (nSPS) is 13.5. The van der Waals surface area contributed by atoms with E-state index in [2.05, 4.69) is 4.74 Å². The van der Waals surface area contributed by atoms with Gasteiger partial charge in [-0.1, -0.05) is 30.3 Å². The molecule has 5 heteroatoms. The van der Waals surface area contributed by atoms with Crippen LogP contribution in [0.2, 0.25) is 0 Å². The van der Waals surface area contributed by atoms with E-state index in [-0.39, 0.29) is 5.56 Å². The van der Waals surface area contributed by atoms with E-state index < -0.39 is 24.7 Å². The predicted octanol–water partition coefficient (Wildman–Crippen LogP) is 2.84. The first-order valence-electron chi connectivity index (χ1n) is 4.67. The zero-order chi connectivity index (χ0) is 12.2. The molecule has 0 saturated heterocycles. The van der Waals surface area contributed by atoms with Crippen LogP contribution in [0.25, 0.3) is 0 Å². The number of carbonyl (C=O) groups excluding carboxylic acids is 1. The summed E-state index contributed by atoms with van der Waals surface area (Å²) in [6.07, 6.45) is -6.37. The third-order valence-electron chi connectivity index (χ3n) is 1.95. The van der Waals surface area contributed by atoms with Crippen molar-refractivity contribution in [1.82, 2.24) is 0 Å². The second kappa shape index (κ2) is 5.12. The van der Waals surface area contributed by atoms with Gasteiger partial charge in [0, 0.05) is 5.56 Å². The molecule has 88 valence electrons. The molecule has 0 radical (unpaired) electrons. The second-order valence-corrected chi connectivity index (χ2v) is 3.26. The van der Waals surface area contributed by atoms with Gasteiger partial charge in [-0.05, 0) is 6.92 Å². The van der Waals surface area contributed by atoms with Crippen molar-refractivity contribution in [2.75, 3.05) is 6.61 Å². The minimum Gasteiger partial charge on any atom is -0.310 e. The van der Waals surface area contributed by atoms with Crippen LogP contribution < -0.4 is 0 Å². The first-order chi connectivity index (χ1) is 7.43. The first kappa shape index (κ1) is 12.7. The molecule has 0 spiro atoms. The van der Waals surface area contributed by atoms with Gasteiger partial charge in [-0.2, -0.15) is 8.78 Å². The van der Waals surface area contributed by atoms with Gasteiger partial charge in [-0.25, -0.2) is 4.39 Å². The molecule has 0 saturated carbocycles. The monoisotopic (exact) mass is 232 g/mol. The molecule has 0 aliphatic rings. The number of halogens is 3.